The van der Waals surface area contributed by atoms with Crippen LogP contribution in [-0.4, -0.2) is 38.2 Å². The minimum Gasteiger partial charge on any atom is -0.344 e. The second kappa shape index (κ2) is 5.67. The lowest BCUT2D eigenvalue weighted by Crippen LogP contribution is -2.48. The standard InChI is InChI=1S/C17H20N6O/c1-11-10-15(22(2)21-11)23-9-5-8-14(16(23)24)20-17-18-12-6-3-4-7-13(12)19-17/h3-4,6-7,10,14H,5,8-9H2,1-2H3,(H2,18,19,20)/t14-/m0/s1. The molecule has 1 saturated heterocycles. The van der Waals surface area contributed by atoms with Crippen molar-refractivity contribution in [1.82, 2.24) is 19.7 Å². The Hall–Kier alpha value is -2.83. The summed E-state index contributed by atoms with van der Waals surface area (Å²) in [5.74, 6) is 1.54. The molecule has 7 heteroatoms. The van der Waals surface area contributed by atoms with E-state index in [2.05, 4.69) is 20.4 Å². The van der Waals surface area contributed by atoms with Crippen LogP contribution in [0.15, 0.2) is 30.3 Å². The number of nitrogens with one attached hydrogen (secondary N) is 2. The fraction of sp³-hybridized carbons (Fsp3) is 0.353. The number of H-pyrrole nitrogens is 1. The van der Waals surface area contributed by atoms with Crippen LogP contribution in [0.5, 0.6) is 0 Å². The van der Waals surface area contributed by atoms with E-state index in [0.717, 1.165) is 41.9 Å². The summed E-state index contributed by atoms with van der Waals surface area (Å²) in [7, 11) is 1.87. The molecule has 0 saturated carbocycles. The number of rotatable bonds is 3. The van der Waals surface area contributed by atoms with Gasteiger partial charge in [-0.15, -0.1) is 0 Å². The number of carbonyl (C=O) groups is 1. The highest BCUT2D eigenvalue weighted by Crippen LogP contribution is 2.23. The lowest BCUT2D eigenvalue weighted by atomic mass is 10.0. The van der Waals surface area contributed by atoms with E-state index in [1.54, 1.807) is 4.68 Å². The van der Waals surface area contributed by atoms with Crippen LogP contribution < -0.4 is 10.2 Å². The molecule has 1 aliphatic rings. The first-order valence-corrected chi connectivity index (χ1v) is 8.15. The summed E-state index contributed by atoms with van der Waals surface area (Å²) < 4.78 is 1.76. The van der Waals surface area contributed by atoms with Crippen LogP contribution in [0.3, 0.4) is 0 Å². The minimum absolute atomic E-state index is 0.0599. The average molecular weight is 324 g/mol. The smallest absolute Gasteiger partial charge is 0.250 e. The Bertz CT molecular complexity index is 863. The van der Waals surface area contributed by atoms with E-state index in [4.69, 9.17) is 0 Å². The van der Waals surface area contributed by atoms with E-state index in [1.807, 2.05) is 49.2 Å². The molecule has 7 nitrogen and oxygen atoms in total. The lowest BCUT2D eigenvalue weighted by Gasteiger charge is -2.32. The summed E-state index contributed by atoms with van der Waals surface area (Å²) in [6, 6.07) is 9.50. The molecule has 1 aliphatic heterocycles. The van der Waals surface area contributed by atoms with Crippen molar-refractivity contribution in [2.24, 2.45) is 7.05 Å². The SMILES string of the molecule is Cc1cc(N2CCC[C@H](Nc3nc4ccccc4[nH]3)C2=O)n(C)n1. The number of hydrogen-bond donors (Lipinski definition) is 2. The van der Waals surface area contributed by atoms with Crippen LogP contribution >= 0.6 is 0 Å². The average Bonchev–Trinajstić information content (AvgIpc) is 3.11. The van der Waals surface area contributed by atoms with Crippen LogP contribution in [0.25, 0.3) is 11.0 Å². The van der Waals surface area contributed by atoms with Gasteiger partial charge in [-0.05, 0) is 31.9 Å². The first-order valence-electron chi connectivity index (χ1n) is 8.15. The summed E-state index contributed by atoms with van der Waals surface area (Å²) in [5, 5.41) is 7.60. The molecular formula is C17H20N6O. The number of aromatic nitrogens is 4. The van der Waals surface area contributed by atoms with Crippen molar-refractivity contribution in [2.75, 3.05) is 16.8 Å². The number of fused-ring (bicyclic) bond motifs is 1. The molecule has 2 N–H and O–H groups in total. The molecule has 2 aromatic heterocycles. The van der Waals surface area contributed by atoms with E-state index >= 15 is 0 Å². The molecule has 1 fully saturated rings. The number of imidazole rings is 1. The third-order valence-electron chi connectivity index (χ3n) is 4.39. The Morgan fingerprint density at radius 3 is 2.92 bits per heavy atom. The fourth-order valence-corrected chi connectivity index (χ4v) is 3.27. The Balaban J connectivity index is 1.57. The van der Waals surface area contributed by atoms with Gasteiger partial charge in [0, 0.05) is 19.7 Å². The van der Waals surface area contributed by atoms with Gasteiger partial charge in [0.15, 0.2) is 0 Å². The third kappa shape index (κ3) is 2.51. The minimum atomic E-state index is -0.283. The number of benzene rings is 1. The summed E-state index contributed by atoms with van der Waals surface area (Å²) in [6.07, 6.45) is 1.73. The van der Waals surface area contributed by atoms with E-state index in [9.17, 15) is 4.79 Å². The zero-order valence-electron chi connectivity index (χ0n) is 13.8. The number of anilines is 2. The Morgan fingerprint density at radius 1 is 1.33 bits per heavy atom. The monoisotopic (exact) mass is 324 g/mol. The molecule has 124 valence electrons. The van der Waals surface area contributed by atoms with Gasteiger partial charge in [-0.25, -0.2) is 4.98 Å². The van der Waals surface area contributed by atoms with Crippen LogP contribution in [-0.2, 0) is 11.8 Å². The first kappa shape index (κ1) is 14.7. The summed E-state index contributed by atoms with van der Waals surface area (Å²) in [5.41, 5.74) is 2.76. The lowest BCUT2D eigenvalue weighted by molar-refractivity contribution is -0.120. The number of piperidine rings is 1. The predicted molar refractivity (Wildman–Crippen MR) is 93.0 cm³/mol. The largest absolute Gasteiger partial charge is 0.344 e. The third-order valence-corrected chi connectivity index (χ3v) is 4.39. The van der Waals surface area contributed by atoms with Crippen molar-refractivity contribution in [2.45, 2.75) is 25.8 Å². The van der Waals surface area contributed by atoms with Gasteiger partial charge in [-0.3, -0.25) is 14.4 Å². The van der Waals surface area contributed by atoms with Gasteiger partial charge in [0.2, 0.25) is 5.95 Å². The highest BCUT2D eigenvalue weighted by molar-refractivity contribution is 5.98. The molecule has 0 aliphatic carbocycles. The molecule has 4 rings (SSSR count). The van der Waals surface area contributed by atoms with Gasteiger partial charge < -0.3 is 10.3 Å². The predicted octanol–water partition coefficient (Wildman–Crippen LogP) is 2.21. The fourth-order valence-electron chi connectivity index (χ4n) is 3.27. The molecular weight excluding hydrogens is 304 g/mol. The first-order chi connectivity index (χ1) is 11.6. The maximum Gasteiger partial charge on any atom is 0.250 e. The second-order valence-electron chi connectivity index (χ2n) is 6.20. The molecule has 0 bridgehead atoms. The van der Waals surface area contributed by atoms with E-state index in [1.165, 1.54) is 0 Å². The normalized spacial score (nSPS) is 18.3. The van der Waals surface area contributed by atoms with E-state index in [0.29, 0.717) is 5.95 Å². The molecule has 0 spiro atoms. The van der Waals surface area contributed by atoms with Crippen LogP contribution in [0.1, 0.15) is 18.5 Å². The number of hydrogen-bond acceptors (Lipinski definition) is 4. The van der Waals surface area contributed by atoms with Crippen molar-refractivity contribution in [3.63, 3.8) is 0 Å². The molecule has 0 unspecified atom stereocenters. The van der Waals surface area contributed by atoms with Gasteiger partial charge in [-0.1, -0.05) is 12.1 Å². The summed E-state index contributed by atoms with van der Waals surface area (Å²) >= 11 is 0. The zero-order chi connectivity index (χ0) is 16.7. The van der Waals surface area contributed by atoms with E-state index in [-0.39, 0.29) is 11.9 Å². The highest BCUT2D eigenvalue weighted by atomic mass is 16.2. The van der Waals surface area contributed by atoms with Crippen molar-refractivity contribution in [1.29, 1.82) is 0 Å². The Kier molecular flexibility index (Phi) is 3.48. The maximum atomic E-state index is 12.9. The number of amides is 1. The van der Waals surface area contributed by atoms with Crippen LogP contribution in [0.2, 0.25) is 0 Å². The molecule has 1 amide bonds. The Labute approximate surface area is 139 Å². The molecule has 3 heterocycles. The maximum absolute atomic E-state index is 12.9. The molecule has 3 aromatic rings. The van der Waals surface area contributed by atoms with Gasteiger partial charge >= 0.3 is 0 Å². The summed E-state index contributed by atoms with van der Waals surface area (Å²) in [6.45, 7) is 2.65. The quantitative estimate of drug-likeness (QED) is 0.774. The number of aromatic amines is 1. The number of aryl methyl sites for hydroxylation is 2. The number of carbonyl (C=O) groups excluding carboxylic acids is 1. The highest BCUT2D eigenvalue weighted by Gasteiger charge is 2.31. The van der Waals surface area contributed by atoms with Crippen molar-refractivity contribution < 1.29 is 4.79 Å². The van der Waals surface area contributed by atoms with Crippen molar-refractivity contribution in [3.05, 3.63) is 36.0 Å². The molecule has 1 aromatic carbocycles. The topological polar surface area (TPSA) is 78.8 Å². The van der Waals surface area contributed by atoms with Gasteiger partial charge in [-0.2, -0.15) is 5.10 Å². The van der Waals surface area contributed by atoms with E-state index < -0.39 is 0 Å². The van der Waals surface area contributed by atoms with Gasteiger partial charge in [0.1, 0.15) is 11.9 Å². The van der Waals surface area contributed by atoms with Crippen LogP contribution in [0.4, 0.5) is 11.8 Å². The molecule has 24 heavy (non-hydrogen) atoms. The van der Waals surface area contributed by atoms with Crippen molar-refractivity contribution in [3.8, 4) is 0 Å². The molecule has 1 atom stereocenters. The van der Waals surface area contributed by atoms with Gasteiger partial charge in [0.05, 0.1) is 16.7 Å². The van der Waals surface area contributed by atoms with Crippen molar-refractivity contribution >= 4 is 28.7 Å². The van der Waals surface area contributed by atoms with Crippen LogP contribution in [0, 0.1) is 6.92 Å². The Morgan fingerprint density at radius 2 is 2.17 bits per heavy atom. The number of para-hydroxylation sites is 2. The molecule has 0 radical (unpaired) electrons. The summed E-state index contributed by atoms with van der Waals surface area (Å²) in [4.78, 5) is 22.4. The zero-order valence-corrected chi connectivity index (χ0v) is 13.8. The van der Waals surface area contributed by atoms with Gasteiger partial charge in [0.25, 0.3) is 5.91 Å². The second-order valence-corrected chi connectivity index (χ2v) is 6.20. The number of nitrogens with zero attached hydrogens (tertiary/aromatic N) is 4.